The standard InChI is InChI=1S/C14H16INO3/c15-12-3-1-2-11(10-12)13(17)16-6-4-14(5-7-16)18-8-9-19-14/h1-3,10H,4-9H2. The summed E-state index contributed by atoms with van der Waals surface area (Å²) in [6.07, 6.45) is 1.53. The Morgan fingerprint density at radius 2 is 1.89 bits per heavy atom. The number of benzene rings is 1. The average molecular weight is 373 g/mol. The first-order valence-corrected chi connectivity index (χ1v) is 7.59. The maximum absolute atomic E-state index is 12.4. The summed E-state index contributed by atoms with van der Waals surface area (Å²) in [5.41, 5.74) is 0.760. The summed E-state index contributed by atoms with van der Waals surface area (Å²) >= 11 is 2.22. The van der Waals surface area contributed by atoms with Crippen LogP contribution in [0.5, 0.6) is 0 Å². The number of halogens is 1. The van der Waals surface area contributed by atoms with Crippen molar-refractivity contribution in [1.29, 1.82) is 0 Å². The van der Waals surface area contributed by atoms with Crippen molar-refractivity contribution in [3.8, 4) is 0 Å². The number of rotatable bonds is 1. The van der Waals surface area contributed by atoms with Crippen LogP contribution < -0.4 is 0 Å². The van der Waals surface area contributed by atoms with Crippen molar-refractivity contribution < 1.29 is 14.3 Å². The van der Waals surface area contributed by atoms with Gasteiger partial charge in [0, 0.05) is 35.1 Å². The predicted molar refractivity (Wildman–Crippen MR) is 78.9 cm³/mol. The molecule has 2 saturated heterocycles. The van der Waals surface area contributed by atoms with Crippen molar-refractivity contribution >= 4 is 28.5 Å². The third-order valence-corrected chi connectivity index (χ3v) is 4.37. The molecule has 1 amide bonds. The number of hydrogen-bond acceptors (Lipinski definition) is 3. The average Bonchev–Trinajstić information content (AvgIpc) is 2.87. The predicted octanol–water partition coefficient (Wildman–Crippen LogP) is 2.27. The first-order valence-electron chi connectivity index (χ1n) is 6.51. The molecule has 0 N–H and O–H groups in total. The lowest BCUT2D eigenvalue weighted by atomic mass is 10.0. The topological polar surface area (TPSA) is 38.8 Å². The zero-order chi connectivity index (χ0) is 13.3. The fourth-order valence-corrected chi connectivity index (χ4v) is 3.18. The number of ether oxygens (including phenoxy) is 2. The van der Waals surface area contributed by atoms with Gasteiger partial charge in [-0.15, -0.1) is 0 Å². The van der Waals surface area contributed by atoms with E-state index >= 15 is 0 Å². The van der Waals surface area contributed by atoms with Crippen LogP contribution in [0.25, 0.3) is 0 Å². The Hall–Kier alpha value is -0.660. The normalized spacial score (nSPS) is 21.8. The van der Waals surface area contributed by atoms with Crippen molar-refractivity contribution in [1.82, 2.24) is 4.90 Å². The molecule has 0 saturated carbocycles. The van der Waals surface area contributed by atoms with Gasteiger partial charge < -0.3 is 14.4 Å². The largest absolute Gasteiger partial charge is 0.347 e. The Balaban J connectivity index is 1.66. The van der Waals surface area contributed by atoms with E-state index in [4.69, 9.17) is 9.47 Å². The van der Waals surface area contributed by atoms with Crippen molar-refractivity contribution in [2.45, 2.75) is 18.6 Å². The molecule has 2 aliphatic rings. The molecule has 0 aliphatic carbocycles. The van der Waals surface area contributed by atoms with Crippen LogP contribution in [0.4, 0.5) is 0 Å². The molecule has 2 heterocycles. The monoisotopic (exact) mass is 373 g/mol. The fraction of sp³-hybridized carbons (Fsp3) is 0.500. The summed E-state index contributed by atoms with van der Waals surface area (Å²) in [6.45, 7) is 2.74. The molecule has 2 fully saturated rings. The molecule has 2 aliphatic heterocycles. The summed E-state index contributed by atoms with van der Waals surface area (Å²) < 4.78 is 12.4. The van der Waals surface area contributed by atoms with Gasteiger partial charge in [-0.05, 0) is 40.8 Å². The summed E-state index contributed by atoms with van der Waals surface area (Å²) in [5.74, 6) is -0.312. The van der Waals surface area contributed by atoms with Gasteiger partial charge in [-0.1, -0.05) is 6.07 Å². The van der Waals surface area contributed by atoms with Crippen LogP contribution in [0.15, 0.2) is 24.3 Å². The van der Waals surface area contributed by atoms with Gasteiger partial charge in [-0.2, -0.15) is 0 Å². The van der Waals surface area contributed by atoms with Gasteiger partial charge in [0.1, 0.15) is 0 Å². The van der Waals surface area contributed by atoms with E-state index in [1.807, 2.05) is 29.2 Å². The molecule has 4 nitrogen and oxygen atoms in total. The Morgan fingerprint density at radius 1 is 1.21 bits per heavy atom. The summed E-state index contributed by atoms with van der Waals surface area (Å²) in [5, 5.41) is 0. The lowest BCUT2D eigenvalue weighted by Crippen LogP contribution is -2.47. The van der Waals surface area contributed by atoms with Gasteiger partial charge in [-0.25, -0.2) is 0 Å². The first-order chi connectivity index (χ1) is 9.19. The Kier molecular flexibility index (Phi) is 3.77. The molecule has 1 spiro atoms. The third-order valence-electron chi connectivity index (χ3n) is 3.70. The van der Waals surface area contributed by atoms with Crippen molar-refractivity contribution in [3.63, 3.8) is 0 Å². The van der Waals surface area contributed by atoms with Gasteiger partial charge >= 0.3 is 0 Å². The summed E-state index contributed by atoms with van der Waals surface area (Å²) in [7, 11) is 0. The molecule has 1 aromatic carbocycles. The quantitative estimate of drug-likeness (QED) is 0.709. The lowest BCUT2D eigenvalue weighted by molar-refractivity contribution is -0.181. The molecule has 3 rings (SSSR count). The highest BCUT2D eigenvalue weighted by atomic mass is 127. The zero-order valence-corrected chi connectivity index (χ0v) is 12.8. The van der Waals surface area contributed by atoms with E-state index in [1.165, 1.54) is 0 Å². The molecule has 1 aromatic rings. The lowest BCUT2D eigenvalue weighted by Gasteiger charge is -2.37. The van der Waals surface area contributed by atoms with Gasteiger partial charge in [-0.3, -0.25) is 4.79 Å². The van der Waals surface area contributed by atoms with Gasteiger partial charge in [0.25, 0.3) is 5.91 Å². The molecule has 0 unspecified atom stereocenters. The zero-order valence-electron chi connectivity index (χ0n) is 10.6. The first kappa shape index (κ1) is 13.3. The second-order valence-corrected chi connectivity index (χ2v) is 6.16. The fourth-order valence-electron chi connectivity index (χ4n) is 2.64. The molecule has 0 radical (unpaired) electrons. The van der Waals surface area contributed by atoms with E-state index in [-0.39, 0.29) is 5.91 Å². The van der Waals surface area contributed by atoms with Gasteiger partial charge in [0.2, 0.25) is 0 Å². The highest BCUT2D eigenvalue weighted by Crippen LogP contribution is 2.31. The summed E-state index contributed by atoms with van der Waals surface area (Å²) in [4.78, 5) is 14.3. The van der Waals surface area contributed by atoms with Gasteiger partial charge in [0.15, 0.2) is 5.79 Å². The van der Waals surface area contributed by atoms with E-state index < -0.39 is 5.79 Å². The van der Waals surface area contributed by atoms with Crippen LogP contribution in [0, 0.1) is 3.57 Å². The number of likely N-dealkylation sites (tertiary alicyclic amines) is 1. The molecular weight excluding hydrogens is 357 g/mol. The van der Waals surface area contributed by atoms with Crippen molar-refractivity contribution in [3.05, 3.63) is 33.4 Å². The number of piperidine rings is 1. The van der Waals surface area contributed by atoms with E-state index in [1.54, 1.807) is 0 Å². The van der Waals surface area contributed by atoms with Crippen molar-refractivity contribution in [2.24, 2.45) is 0 Å². The summed E-state index contributed by atoms with van der Waals surface area (Å²) in [6, 6.07) is 7.71. The maximum Gasteiger partial charge on any atom is 0.253 e. The van der Waals surface area contributed by atoms with E-state index in [0.29, 0.717) is 26.3 Å². The smallest absolute Gasteiger partial charge is 0.253 e. The van der Waals surface area contributed by atoms with Crippen LogP contribution in [-0.4, -0.2) is 42.9 Å². The number of carbonyl (C=O) groups excluding carboxylic acids is 1. The van der Waals surface area contributed by atoms with Crippen LogP contribution >= 0.6 is 22.6 Å². The van der Waals surface area contributed by atoms with Crippen LogP contribution in [0.3, 0.4) is 0 Å². The SMILES string of the molecule is O=C(c1cccc(I)c1)N1CCC2(CC1)OCCO2. The second kappa shape index (κ2) is 5.38. The minimum atomic E-state index is -0.415. The minimum Gasteiger partial charge on any atom is -0.347 e. The van der Waals surface area contributed by atoms with E-state index in [0.717, 1.165) is 22.0 Å². The number of carbonyl (C=O) groups is 1. The van der Waals surface area contributed by atoms with Crippen LogP contribution in [0.2, 0.25) is 0 Å². The van der Waals surface area contributed by atoms with Crippen molar-refractivity contribution in [2.75, 3.05) is 26.3 Å². The van der Waals surface area contributed by atoms with Crippen LogP contribution in [-0.2, 0) is 9.47 Å². The Labute approximate surface area is 126 Å². The molecule has 0 aromatic heterocycles. The number of nitrogens with zero attached hydrogens (tertiary/aromatic N) is 1. The highest BCUT2D eigenvalue weighted by molar-refractivity contribution is 14.1. The number of amides is 1. The maximum atomic E-state index is 12.4. The second-order valence-electron chi connectivity index (χ2n) is 4.91. The molecule has 0 bridgehead atoms. The van der Waals surface area contributed by atoms with Crippen LogP contribution in [0.1, 0.15) is 23.2 Å². The Bertz CT molecular complexity index is 475. The molecule has 5 heteroatoms. The van der Waals surface area contributed by atoms with E-state index in [2.05, 4.69) is 22.6 Å². The minimum absolute atomic E-state index is 0.103. The molecule has 102 valence electrons. The third kappa shape index (κ3) is 2.78. The molecule has 19 heavy (non-hydrogen) atoms. The van der Waals surface area contributed by atoms with E-state index in [9.17, 15) is 4.79 Å². The molecular formula is C14H16INO3. The molecule has 0 atom stereocenters. The number of hydrogen-bond donors (Lipinski definition) is 0. The Morgan fingerprint density at radius 3 is 2.53 bits per heavy atom. The van der Waals surface area contributed by atoms with Gasteiger partial charge in [0.05, 0.1) is 13.2 Å². The highest BCUT2D eigenvalue weighted by Gasteiger charge is 2.40.